The second-order valence-electron chi connectivity index (χ2n) is 2.34. The fourth-order valence-corrected chi connectivity index (χ4v) is 0.305. The second kappa shape index (κ2) is 4.84. The van der Waals surface area contributed by atoms with Crippen LogP contribution in [-0.2, 0) is 0 Å². The van der Waals surface area contributed by atoms with Crippen LogP contribution in [0.2, 0.25) is 0 Å². The van der Waals surface area contributed by atoms with E-state index in [1.807, 2.05) is 0 Å². The molecule has 0 aliphatic heterocycles. The first-order valence-electron chi connectivity index (χ1n) is 6.69. The third-order valence-corrected chi connectivity index (χ3v) is 1.25. The Morgan fingerprint density at radius 1 is 1.44 bits per heavy atom. The summed E-state index contributed by atoms with van der Waals surface area (Å²) in [7, 11) is 0. The van der Waals surface area contributed by atoms with Gasteiger partial charge in [0.05, 0.1) is 0 Å². The first-order valence-corrected chi connectivity index (χ1v) is 3.19. The number of hydrogen-bond acceptors (Lipinski definition) is 0. The van der Waals surface area contributed by atoms with Gasteiger partial charge >= 0.3 is 0 Å². The lowest BCUT2D eigenvalue weighted by Gasteiger charge is -2.13. The van der Waals surface area contributed by atoms with Crippen LogP contribution in [-0.4, -0.2) is 0 Å². The van der Waals surface area contributed by atoms with Crippen molar-refractivity contribution in [2.24, 2.45) is 11.8 Å². The maximum absolute atomic E-state index is 7.94. The predicted molar refractivity (Wildman–Crippen MR) is 43.5 cm³/mol. The molecular weight excluding hydrogens is 108 g/mol. The Hall–Kier alpha value is 0. The Balaban J connectivity index is 5.53. The van der Waals surface area contributed by atoms with Gasteiger partial charge in [-0.05, 0) is 11.8 Å². The van der Waals surface area contributed by atoms with Crippen molar-refractivity contribution >= 4 is 0 Å². The van der Waals surface area contributed by atoms with Crippen LogP contribution in [0.5, 0.6) is 0 Å². The summed E-state index contributed by atoms with van der Waals surface area (Å²) in [4.78, 5) is 0. The fraction of sp³-hybridized carbons (Fsp3) is 1.00. The van der Waals surface area contributed by atoms with E-state index in [-0.39, 0.29) is 0 Å². The normalized spacial score (nSPS) is 34.1. The van der Waals surface area contributed by atoms with Gasteiger partial charge in [0.15, 0.2) is 0 Å². The van der Waals surface area contributed by atoms with Gasteiger partial charge in [0.2, 0.25) is 0 Å². The van der Waals surface area contributed by atoms with Gasteiger partial charge in [-0.3, -0.25) is 0 Å². The third-order valence-electron chi connectivity index (χ3n) is 1.25. The highest BCUT2D eigenvalue weighted by atomic mass is 14.1. The van der Waals surface area contributed by atoms with Gasteiger partial charge in [0.25, 0.3) is 0 Å². The van der Waals surface area contributed by atoms with Gasteiger partial charge < -0.3 is 0 Å². The SMILES string of the molecule is [2H]C([2H])(C)C([2H])([2H])C([2H])([2H])C([2H])(C)C(C)C. The van der Waals surface area contributed by atoms with Gasteiger partial charge in [-0.2, -0.15) is 0 Å². The lowest BCUT2D eigenvalue weighted by Crippen LogP contribution is -2.02. The van der Waals surface area contributed by atoms with Crippen LogP contribution in [0.1, 0.15) is 56.4 Å². The highest BCUT2D eigenvalue weighted by Crippen LogP contribution is 2.16. The van der Waals surface area contributed by atoms with E-state index in [2.05, 4.69) is 0 Å². The van der Waals surface area contributed by atoms with Crippen LogP contribution >= 0.6 is 0 Å². The van der Waals surface area contributed by atoms with Gasteiger partial charge in [0, 0.05) is 9.60 Å². The van der Waals surface area contributed by atoms with E-state index in [9.17, 15) is 0 Å². The number of rotatable bonds is 4. The van der Waals surface area contributed by atoms with E-state index in [0.29, 0.717) is 0 Å². The molecule has 0 heterocycles. The molecule has 0 aromatic carbocycles. The van der Waals surface area contributed by atoms with Crippen molar-refractivity contribution in [2.45, 2.75) is 46.8 Å². The van der Waals surface area contributed by atoms with Gasteiger partial charge in [-0.1, -0.05) is 46.8 Å². The van der Waals surface area contributed by atoms with E-state index in [4.69, 9.17) is 9.60 Å². The fourth-order valence-electron chi connectivity index (χ4n) is 0.305. The smallest absolute Gasteiger partial charge is 0.0302 e. The van der Waals surface area contributed by atoms with Crippen molar-refractivity contribution in [1.29, 1.82) is 0 Å². The van der Waals surface area contributed by atoms with Gasteiger partial charge in [0.1, 0.15) is 0 Å². The largest absolute Gasteiger partial charge is 0.0654 e. The summed E-state index contributed by atoms with van der Waals surface area (Å²) in [5.74, 6) is -2.11. The minimum atomic E-state index is -2.72. The first-order chi connectivity index (χ1) is 6.69. The lowest BCUT2D eigenvalue weighted by molar-refractivity contribution is 0.381. The molecule has 0 aliphatic rings. The van der Waals surface area contributed by atoms with E-state index in [1.165, 1.54) is 6.92 Å². The first kappa shape index (κ1) is 2.56. The molecule has 0 aromatic rings. The maximum atomic E-state index is 7.94. The summed E-state index contributed by atoms with van der Waals surface area (Å²) in [5.41, 5.74) is 0. The van der Waals surface area contributed by atoms with Gasteiger partial charge in [-0.15, -0.1) is 0 Å². The van der Waals surface area contributed by atoms with Crippen LogP contribution in [0.25, 0.3) is 0 Å². The molecule has 0 fully saturated rings. The molecule has 0 aromatic heterocycles. The molecule has 1 unspecified atom stereocenters. The molecule has 0 amide bonds. The summed E-state index contributed by atoms with van der Waals surface area (Å²) in [6.07, 6.45) is -7.64. The Morgan fingerprint density at radius 2 is 2.00 bits per heavy atom. The molecule has 56 valence electrons. The maximum Gasteiger partial charge on any atom is 0.0302 e. The average molecular weight is 135 g/mol. The highest BCUT2D eigenvalue weighted by molar-refractivity contribution is 4.55. The average Bonchev–Trinajstić information content (AvgIpc) is 2.00. The standard InChI is InChI=1S/C9H20/c1-5-6-7-9(4)8(2)3/h8-9H,5-7H2,1-4H3/i5D2,6D2,7D2,9D. The second-order valence-corrected chi connectivity index (χ2v) is 2.34. The molecule has 9 heavy (non-hydrogen) atoms. The molecule has 0 aliphatic carbocycles. The monoisotopic (exact) mass is 135 g/mol. The Morgan fingerprint density at radius 3 is 2.33 bits per heavy atom. The van der Waals surface area contributed by atoms with Crippen LogP contribution < -0.4 is 0 Å². The van der Waals surface area contributed by atoms with E-state index >= 15 is 0 Å². The summed E-state index contributed by atoms with van der Waals surface area (Å²) >= 11 is 0. The molecule has 1 atom stereocenters. The molecular formula is C9H20. The topological polar surface area (TPSA) is 0 Å². The van der Waals surface area contributed by atoms with Crippen LogP contribution in [0.3, 0.4) is 0 Å². The Bertz CT molecular complexity index is 249. The zero-order chi connectivity index (χ0) is 13.6. The van der Waals surface area contributed by atoms with Crippen molar-refractivity contribution < 1.29 is 9.60 Å². The van der Waals surface area contributed by atoms with E-state index in [1.54, 1.807) is 13.8 Å². The molecule has 0 heteroatoms. The van der Waals surface area contributed by atoms with Crippen molar-refractivity contribution in [3.8, 4) is 0 Å². The molecule has 0 saturated heterocycles. The van der Waals surface area contributed by atoms with Crippen LogP contribution in [0.4, 0.5) is 0 Å². The molecule has 0 N–H and O–H groups in total. The highest BCUT2D eigenvalue weighted by Gasteiger charge is 2.04. The molecule has 0 spiro atoms. The Labute approximate surface area is 69.5 Å². The summed E-state index contributed by atoms with van der Waals surface area (Å²) < 4.78 is 53.5. The summed E-state index contributed by atoms with van der Waals surface area (Å²) in [5, 5.41) is 0. The minimum absolute atomic E-state index is 0.417. The minimum Gasteiger partial charge on any atom is -0.0654 e. The van der Waals surface area contributed by atoms with E-state index < -0.39 is 30.9 Å². The molecule has 0 nitrogen and oxygen atoms in total. The summed E-state index contributed by atoms with van der Waals surface area (Å²) in [6, 6.07) is 0. The van der Waals surface area contributed by atoms with Crippen molar-refractivity contribution in [2.75, 3.05) is 0 Å². The zero-order valence-electron chi connectivity index (χ0n) is 13.6. The van der Waals surface area contributed by atoms with Gasteiger partial charge in [-0.25, -0.2) is 0 Å². The molecule has 0 saturated carbocycles. The number of hydrogen-bond donors (Lipinski definition) is 0. The van der Waals surface area contributed by atoms with Crippen LogP contribution in [0.15, 0.2) is 0 Å². The Kier molecular flexibility index (Phi) is 1.38. The molecule has 0 rings (SSSR count). The van der Waals surface area contributed by atoms with E-state index in [0.717, 1.165) is 6.92 Å². The lowest BCUT2D eigenvalue weighted by atomic mass is 9.93. The summed E-state index contributed by atoms with van der Waals surface area (Å²) in [6.45, 7) is 5.57. The van der Waals surface area contributed by atoms with Crippen molar-refractivity contribution in [3.63, 3.8) is 0 Å². The quantitative estimate of drug-likeness (QED) is 0.553. The molecule has 0 radical (unpaired) electrons. The predicted octanol–water partition coefficient (Wildman–Crippen LogP) is 3.47. The zero-order valence-corrected chi connectivity index (χ0v) is 6.58. The van der Waals surface area contributed by atoms with Crippen LogP contribution in [0, 0.1) is 11.8 Å². The van der Waals surface area contributed by atoms with Crippen molar-refractivity contribution in [3.05, 3.63) is 0 Å². The molecule has 0 bridgehead atoms. The third kappa shape index (κ3) is 4.50. The van der Waals surface area contributed by atoms with Crippen molar-refractivity contribution in [1.82, 2.24) is 0 Å².